The van der Waals surface area contributed by atoms with Gasteiger partial charge in [-0.3, -0.25) is 14.7 Å². The first-order valence-corrected chi connectivity index (χ1v) is 14.1. The van der Waals surface area contributed by atoms with E-state index in [4.69, 9.17) is 26.4 Å². The van der Waals surface area contributed by atoms with Crippen molar-refractivity contribution in [2.24, 2.45) is 10.4 Å². The number of fused-ring (bicyclic) bond motifs is 1. The molecule has 3 aliphatic heterocycles. The highest BCUT2D eigenvalue weighted by molar-refractivity contribution is 7.80. The van der Waals surface area contributed by atoms with Crippen molar-refractivity contribution >= 4 is 35.1 Å². The average molecular weight is 599 g/mol. The number of carboxylic acids is 1. The minimum absolute atomic E-state index is 0.0637. The number of aryl methyl sites for hydroxylation is 1. The minimum Gasteiger partial charge on any atom is -0.481 e. The summed E-state index contributed by atoms with van der Waals surface area (Å²) in [6, 6.07) is 3.97. The summed E-state index contributed by atoms with van der Waals surface area (Å²) < 4.78 is 25.3. The molecule has 5 rings (SSSR count). The summed E-state index contributed by atoms with van der Waals surface area (Å²) in [4.78, 5) is 40.5. The number of amidine groups is 1. The number of methoxy groups -OCH3 is 1. The predicted octanol–water partition coefficient (Wildman–Crippen LogP) is 2.65. The Labute approximate surface area is 249 Å². The van der Waals surface area contributed by atoms with Crippen LogP contribution in [-0.4, -0.2) is 100 Å². The van der Waals surface area contributed by atoms with Gasteiger partial charge in [0.2, 0.25) is 0 Å². The number of benzene rings is 1. The number of esters is 1. The maximum Gasteiger partial charge on any atom is 0.338 e. The van der Waals surface area contributed by atoms with Crippen LogP contribution in [0.4, 0.5) is 4.39 Å². The Morgan fingerprint density at radius 3 is 2.69 bits per heavy atom. The average Bonchev–Trinajstić information content (AvgIpc) is 3.51. The van der Waals surface area contributed by atoms with Crippen molar-refractivity contribution in [1.29, 1.82) is 0 Å². The first-order valence-electron chi connectivity index (χ1n) is 13.7. The van der Waals surface area contributed by atoms with Crippen LogP contribution in [0, 0.1) is 25.1 Å². The van der Waals surface area contributed by atoms with Crippen molar-refractivity contribution in [3.63, 3.8) is 0 Å². The summed E-state index contributed by atoms with van der Waals surface area (Å²) in [6.45, 7) is 10.1. The van der Waals surface area contributed by atoms with E-state index in [1.165, 1.54) is 19.6 Å². The quantitative estimate of drug-likeness (QED) is 0.344. The molecular weight excluding hydrogens is 563 g/mol. The molecule has 2 atom stereocenters. The standard InChI is InChI=1S/C29H35FN6O5S/c1-16-19(7-6-8-20(16)30)24-22(26(37)40-5)21(32-25(33-24)23-17(2)41-15-31-23)13-34-9-10-36-18(11-34)12-35(28(36)42)14-29(3,4)27(38)39/h6-8,15,18,24H,9-14H2,1-5H3,(H,32,33)(H,38,39). The molecule has 2 saturated heterocycles. The molecule has 2 fully saturated rings. The van der Waals surface area contributed by atoms with Gasteiger partial charge in [-0.1, -0.05) is 12.1 Å². The number of oxazole rings is 1. The SMILES string of the molecule is COC(=O)C1=C(CN2CCN3C(=S)N(CC(C)(C)C(=O)O)CC3C2)NC(c2ncoc2C)=NC1c1cccc(F)c1C. The maximum absolute atomic E-state index is 14.7. The van der Waals surface area contributed by atoms with Gasteiger partial charge in [-0.2, -0.15) is 0 Å². The molecule has 1 aromatic heterocycles. The molecule has 0 spiro atoms. The molecule has 224 valence electrons. The van der Waals surface area contributed by atoms with Gasteiger partial charge in [-0.15, -0.1) is 0 Å². The number of aromatic nitrogens is 1. The van der Waals surface area contributed by atoms with Gasteiger partial charge < -0.3 is 29.4 Å². The van der Waals surface area contributed by atoms with Gasteiger partial charge in [0, 0.05) is 45.0 Å². The second-order valence-corrected chi connectivity index (χ2v) is 11.9. The number of nitrogens with one attached hydrogen (secondary N) is 1. The lowest BCUT2D eigenvalue weighted by atomic mass is 9.91. The largest absolute Gasteiger partial charge is 0.481 e. The zero-order chi connectivity index (χ0) is 30.3. The number of ether oxygens (including phenoxy) is 1. The zero-order valence-corrected chi connectivity index (χ0v) is 25.1. The van der Waals surface area contributed by atoms with Crippen molar-refractivity contribution in [1.82, 2.24) is 25.0 Å². The number of halogens is 1. The van der Waals surface area contributed by atoms with Crippen molar-refractivity contribution in [3.05, 3.63) is 64.3 Å². The van der Waals surface area contributed by atoms with Crippen LogP contribution in [0.1, 0.15) is 42.5 Å². The third kappa shape index (κ3) is 5.50. The van der Waals surface area contributed by atoms with Crippen molar-refractivity contribution in [2.45, 2.75) is 39.8 Å². The molecule has 4 heterocycles. The number of piperazine rings is 1. The fourth-order valence-electron chi connectivity index (χ4n) is 5.76. The lowest BCUT2D eigenvalue weighted by Gasteiger charge is -2.39. The Kier molecular flexibility index (Phi) is 8.08. The number of carbonyl (C=O) groups excluding carboxylic acids is 1. The first-order chi connectivity index (χ1) is 19.9. The first kappa shape index (κ1) is 29.6. The third-order valence-electron chi connectivity index (χ3n) is 8.17. The number of carbonyl (C=O) groups is 2. The molecule has 2 aromatic rings. The topological polar surface area (TPSA) is 124 Å². The molecule has 2 unspecified atom stereocenters. The smallest absolute Gasteiger partial charge is 0.338 e. The summed E-state index contributed by atoms with van der Waals surface area (Å²) in [5.41, 5.74) is 1.38. The number of aliphatic carboxylic acids is 1. The van der Waals surface area contributed by atoms with E-state index in [2.05, 4.69) is 20.1 Å². The maximum atomic E-state index is 14.7. The highest BCUT2D eigenvalue weighted by atomic mass is 32.1. The Hall–Kier alpha value is -3.84. The van der Waals surface area contributed by atoms with Crippen molar-refractivity contribution < 1.29 is 28.2 Å². The molecule has 0 amide bonds. The molecule has 0 bridgehead atoms. The zero-order valence-electron chi connectivity index (χ0n) is 24.3. The third-order valence-corrected chi connectivity index (χ3v) is 8.66. The van der Waals surface area contributed by atoms with Gasteiger partial charge in [-0.25, -0.2) is 14.2 Å². The van der Waals surface area contributed by atoms with Gasteiger partial charge in [-0.05, 0) is 57.1 Å². The monoisotopic (exact) mass is 598 g/mol. The second kappa shape index (κ2) is 11.4. The Balaban J connectivity index is 1.46. The van der Waals surface area contributed by atoms with Crippen LogP contribution in [0.3, 0.4) is 0 Å². The van der Waals surface area contributed by atoms with Gasteiger partial charge in [0.05, 0.1) is 24.1 Å². The fourth-order valence-corrected chi connectivity index (χ4v) is 6.13. The number of hydrogen-bond donors (Lipinski definition) is 2. The summed E-state index contributed by atoms with van der Waals surface area (Å²) in [5.74, 6) is -0.858. The van der Waals surface area contributed by atoms with E-state index in [1.54, 1.807) is 39.8 Å². The summed E-state index contributed by atoms with van der Waals surface area (Å²) in [6.07, 6.45) is 1.33. The van der Waals surface area contributed by atoms with E-state index in [1.807, 2.05) is 4.90 Å². The minimum atomic E-state index is -0.941. The molecule has 3 aliphatic rings. The van der Waals surface area contributed by atoms with E-state index in [-0.39, 0.29) is 6.04 Å². The van der Waals surface area contributed by atoms with Crippen LogP contribution in [-0.2, 0) is 14.3 Å². The lowest BCUT2D eigenvalue weighted by Crippen LogP contribution is -2.53. The van der Waals surface area contributed by atoms with Crippen LogP contribution >= 0.6 is 12.2 Å². The number of thiocarbonyl (C=S) groups is 1. The summed E-state index contributed by atoms with van der Waals surface area (Å²) in [5, 5.41) is 13.6. The number of aliphatic imine (C=N–C) groups is 1. The lowest BCUT2D eigenvalue weighted by molar-refractivity contribution is -0.147. The van der Waals surface area contributed by atoms with E-state index < -0.39 is 29.2 Å². The van der Waals surface area contributed by atoms with Gasteiger partial charge in [0.25, 0.3) is 0 Å². The molecule has 11 nitrogen and oxygen atoms in total. The molecule has 0 aliphatic carbocycles. The molecule has 42 heavy (non-hydrogen) atoms. The van der Waals surface area contributed by atoms with Crippen LogP contribution in [0.5, 0.6) is 0 Å². The number of carboxylic acid groups (broad SMARTS) is 1. The highest BCUT2D eigenvalue weighted by Crippen LogP contribution is 2.36. The summed E-state index contributed by atoms with van der Waals surface area (Å²) >= 11 is 5.72. The molecule has 2 N–H and O–H groups in total. The van der Waals surface area contributed by atoms with Crippen LogP contribution < -0.4 is 5.32 Å². The Morgan fingerprint density at radius 2 is 2.02 bits per heavy atom. The van der Waals surface area contributed by atoms with E-state index in [0.717, 1.165) is 0 Å². The normalized spacial score (nSPS) is 21.3. The Morgan fingerprint density at radius 1 is 1.26 bits per heavy atom. The van der Waals surface area contributed by atoms with E-state index >= 15 is 0 Å². The van der Waals surface area contributed by atoms with Gasteiger partial charge in [0.1, 0.15) is 23.3 Å². The molecule has 1 aromatic carbocycles. The number of hydrogen-bond acceptors (Lipinski definition) is 9. The Bertz CT molecular complexity index is 1490. The number of rotatable bonds is 8. The van der Waals surface area contributed by atoms with E-state index in [0.29, 0.717) is 84.1 Å². The van der Waals surface area contributed by atoms with Crippen LogP contribution in [0.2, 0.25) is 0 Å². The molecule has 0 radical (unpaired) electrons. The molecular formula is C29H35FN6O5S. The van der Waals surface area contributed by atoms with Gasteiger partial charge >= 0.3 is 11.9 Å². The second-order valence-electron chi connectivity index (χ2n) is 11.5. The highest BCUT2D eigenvalue weighted by Gasteiger charge is 2.42. The molecule has 13 heteroatoms. The fraction of sp³-hybridized carbons (Fsp3) is 0.483. The van der Waals surface area contributed by atoms with Crippen LogP contribution in [0.15, 0.2) is 45.3 Å². The number of nitrogens with zero attached hydrogens (tertiary/aromatic N) is 5. The van der Waals surface area contributed by atoms with Crippen molar-refractivity contribution in [2.75, 3.05) is 46.4 Å². The predicted molar refractivity (Wildman–Crippen MR) is 156 cm³/mol. The summed E-state index contributed by atoms with van der Waals surface area (Å²) in [7, 11) is 1.31. The van der Waals surface area contributed by atoms with Crippen LogP contribution in [0.25, 0.3) is 0 Å². The van der Waals surface area contributed by atoms with E-state index in [9.17, 15) is 19.1 Å². The van der Waals surface area contributed by atoms with Gasteiger partial charge in [0.15, 0.2) is 17.3 Å². The van der Waals surface area contributed by atoms with Crippen molar-refractivity contribution in [3.8, 4) is 0 Å². The molecule has 0 saturated carbocycles.